The highest BCUT2D eigenvalue weighted by molar-refractivity contribution is 5.86. The lowest BCUT2D eigenvalue weighted by Gasteiger charge is -2.49. The second-order valence-corrected chi connectivity index (χ2v) is 6.75. The van der Waals surface area contributed by atoms with Gasteiger partial charge in [0, 0.05) is 15.9 Å². The molecule has 2 saturated carbocycles. The number of carbonyl (C=O) groups excluding carboxylic acids is 1. The van der Waals surface area contributed by atoms with Crippen LogP contribution in [0.1, 0.15) is 56.5 Å². The third-order valence-electron chi connectivity index (χ3n) is 5.77. The van der Waals surface area contributed by atoms with Gasteiger partial charge >= 0.3 is 0 Å². The normalized spacial score (nSPS) is 50.7. The average Bonchev–Trinajstić information content (AvgIpc) is 2.78. The number of aliphatic hydroxyl groups excluding tert-OH is 1. The molecule has 0 saturated heterocycles. The molecule has 1 aromatic carbocycles. The van der Waals surface area contributed by atoms with Gasteiger partial charge in [-0.1, -0.05) is 13.0 Å². The fourth-order valence-corrected chi connectivity index (χ4v) is 4.53. The maximum absolute atomic E-state index is 12.2. The molecule has 3 heteroatoms. The minimum absolute atomic E-state index is 0.00859. The van der Waals surface area contributed by atoms with Crippen molar-refractivity contribution in [2.45, 2.75) is 51.0 Å². The van der Waals surface area contributed by atoms with E-state index in [1.165, 1.54) is 6.07 Å². The Morgan fingerprint density at radius 1 is 1.52 bits per heavy atom. The lowest BCUT2D eigenvalue weighted by Crippen LogP contribution is -2.44. The van der Waals surface area contributed by atoms with Crippen molar-refractivity contribution in [3.05, 3.63) is 29.3 Å². The second kappa shape index (κ2) is 4.33. The van der Waals surface area contributed by atoms with E-state index in [1.807, 2.05) is 6.92 Å². The molecular formula is C18H22O3. The van der Waals surface area contributed by atoms with E-state index in [9.17, 15) is 15.0 Å². The minimum Gasteiger partial charge on any atom is -0.508 e. The molecule has 0 heterocycles. The van der Waals surface area contributed by atoms with Gasteiger partial charge in [-0.3, -0.25) is 4.79 Å². The Labute approximate surface area is 132 Å². The third-order valence-corrected chi connectivity index (χ3v) is 5.77. The van der Waals surface area contributed by atoms with Crippen LogP contribution in [-0.4, -0.2) is 22.1 Å². The first-order valence-electron chi connectivity index (χ1n) is 9.98. The van der Waals surface area contributed by atoms with Crippen molar-refractivity contribution in [3.63, 3.8) is 0 Å². The smallest absolute Gasteiger partial charge is 0.162 e. The van der Waals surface area contributed by atoms with Gasteiger partial charge in [0.2, 0.25) is 0 Å². The van der Waals surface area contributed by atoms with E-state index in [0.717, 1.165) is 0 Å². The Balaban J connectivity index is 1.93. The molecule has 1 aromatic rings. The number of fused-ring (bicyclic) bond motifs is 5. The van der Waals surface area contributed by atoms with Gasteiger partial charge in [0.05, 0.1) is 2.74 Å². The standard InChI is InChI=1S/C18H22O3/c1-18-7-6-13-12-5-3-11(19)8-10(12)2-4-14(13)15(18)9-16(20)17(18)21/h3,5,8,13-15,17,19,21H,2,4,6-7,9H2,1H3/t13-,14-,15+,17?,18?/m1/s1/i2D2,3D,8D,13D. The van der Waals surface area contributed by atoms with Gasteiger partial charge in [0.1, 0.15) is 11.9 Å². The molecule has 3 aliphatic carbocycles. The number of rotatable bonds is 0. The number of phenolic OH excluding ortho intramolecular Hbond substituents is 1. The fraction of sp³-hybridized carbons (Fsp3) is 0.611. The molecule has 2 fully saturated rings. The van der Waals surface area contributed by atoms with Gasteiger partial charge in [-0.05, 0) is 66.6 Å². The number of benzene rings is 1. The average molecular weight is 291 g/mol. The molecule has 0 spiro atoms. The third kappa shape index (κ3) is 1.73. The molecule has 2 N–H and O–H groups in total. The monoisotopic (exact) mass is 291 g/mol. The van der Waals surface area contributed by atoms with Crippen LogP contribution < -0.4 is 0 Å². The van der Waals surface area contributed by atoms with Crippen molar-refractivity contribution in [1.82, 2.24) is 0 Å². The van der Waals surface area contributed by atoms with Gasteiger partial charge in [-0.15, -0.1) is 0 Å². The van der Waals surface area contributed by atoms with E-state index in [1.54, 1.807) is 0 Å². The highest BCUT2D eigenvalue weighted by atomic mass is 16.3. The first-order chi connectivity index (χ1) is 11.9. The Morgan fingerprint density at radius 3 is 3.14 bits per heavy atom. The lowest BCUT2D eigenvalue weighted by molar-refractivity contribution is -0.128. The topological polar surface area (TPSA) is 57.5 Å². The summed E-state index contributed by atoms with van der Waals surface area (Å²) in [6.07, 6.45) is -2.15. The van der Waals surface area contributed by atoms with Crippen LogP contribution in [0.2, 0.25) is 0 Å². The zero-order chi connectivity index (χ0) is 19.2. The van der Waals surface area contributed by atoms with Gasteiger partial charge in [-0.2, -0.15) is 0 Å². The predicted molar refractivity (Wildman–Crippen MR) is 79.1 cm³/mol. The van der Waals surface area contributed by atoms with Gasteiger partial charge in [0.15, 0.2) is 5.78 Å². The number of aliphatic hydroxyl groups is 1. The van der Waals surface area contributed by atoms with Crippen LogP contribution in [0, 0.1) is 17.3 Å². The molecule has 112 valence electrons. The lowest BCUT2D eigenvalue weighted by atomic mass is 9.55. The number of aromatic hydroxyl groups is 1. The molecule has 0 aromatic heterocycles. The number of hydrogen-bond donors (Lipinski definition) is 2. The summed E-state index contributed by atoms with van der Waals surface area (Å²) in [5.74, 6) is -2.85. The predicted octanol–water partition coefficient (Wildman–Crippen LogP) is 2.79. The first kappa shape index (κ1) is 8.94. The molecule has 3 nitrogen and oxygen atoms in total. The van der Waals surface area contributed by atoms with Crippen LogP contribution in [0.4, 0.5) is 0 Å². The van der Waals surface area contributed by atoms with Crippen molar-refractivity contribution < 1.29 is 21.9 Å². The van der Waals surface area contributed by atoms with Gasteiger partial charge < -0.3 is 10.2 Å². The van der Waals surface area contributed by atoms with Crippen molar-refractivity contribution in [2.24, 2.45) is 17.3 Å². The van der Waals surface area contributed by atoms with Crippen molar-refractivity contribution in [2.75, 3.05) is 0 Å². The SMILES string of the molecule is [2H]c1cc2c(c([2H])c1O)C([2H])([2H])C[C@H]1[C@@H]3CC(=O)C(O)C3(C)CC[C@]21[2H]. The Kier molecular flexibility index (Phi) is 1.84. The molecule has 0 radical (unpaired) electrons. The first-order valence-corrected chi connectivity index (χ1v) is 7.48. The molecule has 0 amide bonds. The molecule has 2 unspecified atom stereocenters. The molecule has 21 heavy (non-hydrogen) atoms. The summed E-state index contributed by atoms with van der Waals surface area (Å²) in [7, 11) is 0. The summed E-state index contributed by atoms with van der Waals surface area (Å²) in [4.78, 5) is 12.2. The van der Waals surface area contributed by atoms with E-state index in [2.05, 4.69) is 0 Å². The van der Waals surface area contributed by atoms with E-state index in [4.69, 9.17) is 6.85 Å². The number of Topliss-reactive ketones (excluding diaryl/α,β-unsaturated/α-hetero) is 1. The number of ketones is 1. The van der Waals surface area contributed by atoms with Crippen molar-refractivity contribution in [3.8, 4) is 5.75 Å². The highest BCUT2D eigenvalue weighted by Crippen LogP contribution is 2.60. The van der Waals surface area contributed by atoms with Crippen LogP contribution in [0.25, 0.3) is 0 Å². The maximum atomic E-state index is 12.2. The van der Waals surface area contributed by atoms with E-state index in [0.29, 0.717) is 12.8 Å². The molecule has 5 atom stereocenters. The van der Waals surface area contributed by atoms with E-state index >= 15 is 0 Å². The second-order valence-electron chi connectivity index (χ2n) is 6.75. The largest absolute Gasteiger partial charge is 0.508 e. The van der Waals surface area contributed by atoms with Crippen LogP contribution >= 0.6 is 0 Å². The summed E-state index contributed by atoms with van der Waals surface area (Å²) in [5, 5.41) is 20.3. The molecular weight excluding hydrogens is 264 g/mol. The number of phenols is 1. The molecule has 3 aliphatic rings. The van der Waals surface area contributed by atoms with Gasteiger partial charge in [0.25, 0.3) is 0 Å². The van der Waals surface area contributed by atoms with Crippen molar-refractivity contribution >= 4 is 5.78 Å². The number of carbonyl (C=O) groups is 1. The maximum Gasteiger partial charge on any atom is 0.162 e. The summed E-state index contributed by atoms with van der Waals surface area (Å²) in [5.41, 5.74) is -0.391. The summed E-state index contributed by atoms with van der Waals surface area (Å²) in [6, 6.07) is 0.612. The number of hydrogen-bond acceptors (Lipinski definition) is 3. The molecule has 4 rings (SSSR count). The highest BCUT2D eigenvalue weighted by Gasteiger charge is 2.57. The Bertz CT molecular complexity index is 826. The summed E-state index contributed by atoms with van der Waals surface area (Å²) in [6.45, 7) is 1.85. The molecule has 0 aliphatic heterocycles. The summed E-state index contributed by atoms with van der Waals surface area (Å²) >= 11 is 0. The summed E-state index contributed by atoms with van der Waals surface area (Å²) < 4.78 is 42.2. The van der Waals surface area contributed by atoms with Crippen LogP contribution in [-0.2, 0) is 11.2 Å². The Morgan fingerprint density at radius 2 is 2.33 bits per heavy atom. The molecule has 0 bridgehead atoms. The van der Waals surface area contributed by atoms with Crippen LogP contribution in [0.3, 0.4) is 0 Å². The van der Waals surface area contributed by atoms with E-state index in [-0.39, 0.29) is 41.7 Å². The zero-order valence-corrected chi connectivity index (χ0v) is 11.9. The zero-order valence-electron chi connectivity index (χ0n) is 16.9. The van der Waals surface area contributed by atoms with Crippen molar-refractivity contribution in [1.29, 1.82) is 0 Å². The van der Waals surface area contributed by atoms with Crippen LogP contribution in [0.5, 0.6) is 5.75 Å². The fourth-order valence-electron chi connectivity index (χ4n) is 4.53. The van der Waals surface area contributed by atoms with Crippen LogP contribution in [0.15, 0.2) is 18.2 Å². The quantitative estimate of drug-likeness (QED) is 0.773. The van der Waals surface area contributed by atoms with Gasteiger partial charge in [-0.25, -0.2) is 0 Å². The minimum atomic E-state index is -1.94. The Hall–Kier alpha value is -1.35. The van der Waals surface area contributed by atoms with E-state index < -0.39 is 41.5 Å².